The average molecular weight is 283 g/mol. The fraction of sp³-hybridized carbons (Fsp3) is 0.125. The summed E-state index contributed by atoms with van der Waals surface area (Å²) < 4.78 is 0. The van der Waals surface area contributed by atoms with E-state index in [0.29, 0.717) is 11.3 Å². The molecule has 21 heavy (non-hydrogen) atoms. The number of oxime groups is 1. The third-order valence-electron chi connectivity index (χ3n) is 3.09. The predicted molar refractivity (Wildman–Crippen MR) is 82.6 cm³/mol. The number of anilines is 1. The van der Waals surface area contributed by atoms with Crippen LogP contribution in [0, 0.1) is 6.92 Å². The smallest absolute Gasteiger partial charge is 0.339 e. The zero-order valence-electron chi connectivity index (χ0n) is 11.7. The molecule has 0 atom stereocenters. The Morgan fingerprint density at radius 1 is 1.14 bits per heavy atom. The van der Waals surface area contributed by atoms with Gasteiger partial charge in [0.2, 0.25) is 0 Å². The van der Waals surface area contributed by atoms with Crippen molar-refractivity contribution in [3.63, 3.8) is 0 Å². The Morgan fingerprint density at radius 2 is 1.86 bits per heavy atom. The van der Waals surface area contributed by atoms with Gasteiger partial charge in [-0.05, 0) is 24.1 Å². The van der Waals surface area contributed by atoms with Crippen molar-refractivity contribution in [2.45, 2.75) is 13.3 Å². The van der Waals surface area contributed by atoms with Crippen LogP contribution in [0.4, 0.5) is 5.69 Å². The molecule has 2 rings (SSSR count). The van der Waals surface area contributed by atoms with Crippen molar-refractivity contribution in [2.24, 2.45) is 10.9 Å². The highest BCUT2D eigenvalue weighted by atomic mass is 16.7. The monoisotopic (exact) mass is 283 g/mol. The molecule has 5 heteroatoms. The number of nitrogen functional groups attached to an aromatic ring is 1. The van der Waals surface area contributed by atoms with Gasteiger partial charge in [0.25, 0.3) is 0 Å². The van der Waals surface area contributed by atoms with E-state index in [1.807, 2.05) is 37.3 Å². The summed E-state index contributed by atoms with van der Waals surface area (Å²) in [6.07, 6.45) is 0.146. The summed E-state index contributed by atoms with van der Waals surface area (Å²) in [5.74, 6) is -0.341. The Bertz CT molecular complexity index is 666. The summed E-state index contributed by atoms with van der Waals surface area (Å²) in [4.78, 5) is 16.5. The second kappa shape index (κ2) is 6.56. The summed E-state index contributed by atoms with van der Waals surface area (Å²) in [5, 5.41) is 3.68. The number of carbonyl (C=O) groups is 1. The van der Waals surface area contributed by atoms with Gasteiger partial charge in [0.15, 0.2) is 5.84 Å². The van der Waals surface area contributed by atoms with E-state index in [1.54, 1.807) is 18.2 Å². The summed E-state index contributed by atoms with van der Waals surface area (Å²) >= 11 is 0. The van der Waals surface area contributed by atoms with Crippen LogP contribution in [0.1, 0.15) is 16.7 Å². The minimum absolute atomic E-state index is 0.126. The van der Waals surface area contributed by atoms with Crippen LogP contribution < -0.4 is 11.5 Å². The van der Waals surface area contributed by atoms with Crippen molar-refractivity contribution in [1.82, 2.24) is 0 Å². The van der Waals surface area contributed by atoms with E-state index in [2.05, 4.69) is 5.16 Å². The molecule has 0 aromatic heterocycles. The highest BCUT2D eigenvalue weighted by Gasteiger charge is 2.08. The van der Waals surface area contributed by atoms with Crippen LogP contribution in [-0.2, 0) is 16.1 Å². The average Bonchev–Trinajstić information content (AvgIpc) is 2.48. The van der Waals surface area contributed by atoms with E-state index >= 15 is 0 Å². The predicted octanol–water partition coefficient (Wildman–Crippen LogP) is 1.98. The highest BCUT2D eigenvalue weighted by molar-refractivity contribution is 5.99. The van der Waals surface area contributed by atoms with Gasteiger partial charge in [0.1, 0.15) is 0 Å². The number of rotatable bonds is 4. The first-order valence-electron chi connectivity index (χ1n) is 6.50. The SMILES string of the molecule is Cc1c(N)cccc1/C(N)=N/OC(=O)Cc1ccccc1. The first kappa shape index (κ1) is 14.6. The number of hydrogen-bond acceptors (Lipinski definition) is 4. The van der Waals surface area contributed by atoms with Crippen molar-refractivity contribution in [3.8, 4) is 0 Å². The molecule has 2 aromatic carbocycles. The van der Waals surface area contributed by atoms with Crippen LogP contribution in [0.3, 0.4) is 0 Å². The minimum atomic E-state index is -0.467. The van der Waals surface area contributed by atoms with Gasteiger partial charge in [0, 0.05) is 11.3 Å². The molecule has 0 spiro atoms. The van der Waals surface area contributed by atoms with Gasteiger partial charge in [0.05, 0.1) is 6.42 Å². The highest BCUT2D eigenvalue weighted by Crippen LogP contribution is 2.15. The summed E-state index contributed by atoms with van der Waals surface area (Å²) in [5.41, 5.74) is 14.6. The maximum absolute atomic E-state index is 11.7. The molecule has 0 heterocycles. The normalized spacial score (nSPS) is 11.2. The van der Waals surface area contributed by atoms with Crippen molar-refractivity contribution in [2.75, 3.05) is 5.73 Å². The number of benzene rings is 2. The molecule has 0 fully saturated rings. The standard InChI is InChI=1S/C16H17N3O2/c1-11-13(8-5-9-14(11)17)16(18)19-21-15(20)10-12-6-3-2-4-7-12/h2-9H,10,17H2,1H3,(H2,18,19). The zero-order valence-corrected chi connectivity index (χ0v) is 11.7. The molecule has 108 valence electrons. The summed E-state index contributed by atoms with van der Waals surface area (Å²) in [6, 6.07) is 14.6. The van der Waals surface area contributed by atoms with Crippen molar-refractivity contribution in [1.29, 1.82) is 0 Å². The first-order valence-corrected chi connectivity index (χ1v) is 6.50. The lowest BCUT2D eigenvalue weighted by Crippen LogP contribution is -2.17. The molecular formula is C16H17N3O2. The van der Waals surface area contributed by atoms with Crippen LogP contribution in [-0.4, -0.2) is 11.8 Å². The van der Waals surface area contributed by atoms with Gasteiger partial charge in [-0.25, -0.2) is 4.79 Å². The van der Waals surface area contributed by atoms with Crippen LogP contribution in [0.15, 0.2) is 53.7 Å². The number of nitrogens with zero attached hydrogens (tertiary/aromatic N) is 1. The van der Waals surface area contributed by atoms with Gasteiger partial charge in [-0.15, -0.1) is 0 Å². The zero-order chi connectivity index (χ0) is 15.2. The third-order valence-corrected chi connectivity index (χ3v) is 3.09. The second-order valence-electron chi connectivity index (χ2n) is 4.62. The first-order chi connectivity index (χ1) is 10.1. The van der Waals surface area contributed by atoms with E-state index < -0.39 is 5.97 Å². The molecule has 0 radical (unpaired) electrons. The lowest BCUT2D eigenvalue weighted by molar-refractivity contribution is -0.142. The van der Waals surface area contributed by atoms with Crippen molar-refractivity contribution >= 4 is 17.5 Å². The van der Waals surface area contributed by atoms with Gasteiger partial charge in [-0.2, -0.15) is 0 Å². The largest absolute Gasteiger partial charge is 0.398 e. The third kappa shape index (κ3) is 3.82. The Morgan fingerprint density at radius 3 is 2.57 bits per heavy atom. The van der Waals surface area contributed by atoms with E-state index in [1.165, 1.54) is 0 Å². The fourth-order valence-corrected chi connectivity index (χ4v) is 1.88. The summed E-state index contributed by atoms with van der Waals surface area (Å²) in [7, 11) is 0. The minimum Gasteiger partial charge on any atom is -0.398 e. The molecule has 0 saturated carbocycles. The van der Waals surface area contributed by atoms with Crippen LogP contribution in [0.2, 0.25) is 0 Å². The quantitative estimate of drug-likeness (QED) is 0.295. The topological polar surface area (TPSA) is 90.7 Å². The molecule has 0 amide bonds. The van der Waals surface area contributed by atoms with E-state index in [4.69, 9.17) is 16.3 Å². The molecule has 0 aliphatic carbocycles. The number of carbonyl (C=O) groups excluding carboxylic acids is 1. The Hall–Kier alpha value is -2.82. The van der Waals surface area contributed by atoms with Crippen molar-refractivity contribution < 1.29 is 9.63 Å². The molecule has 4 N–H and O–H groups in total. The molecule has 0 unspecified atom stereocenters. The molecule has 0 aliphatic rings. The van der Waals surface area contributed by atoms with Crippen LogP contribution in [0.25, 0.3) is 0 Å². The Kier molecular flexibility index (Phi) is 4.56. The number of amidine groups is 1. The molecular weight excluding hydrogens is 266 g/mol. The van der Waals surface area contributed by atoms with Crippen molar-refractivity contribution in [3.05, 3.63) is 65.2 Å². The molecule has 5 nitrogen and oxygen atoms in total. The lowest BCUT2D eigenvalue weighted by atomic mass is 10.1. The Balaban J connectivity index is 2.03. The molecule has 0 saturated heterocycles. The van der Waals surface area contributed by atoms with Gasteiger partial charge in [-0.1, -0.05) is 47.6 Å². The number of nitrogens with two attached hydrogens (primary N) is 2. The van der Waals surface area contributed by atoms with E-state index in [-0.39, 0.29) is 12.3 Å². The Labute approximate surface area is 123 Å². The van der Waals surface area contributed by atoms with Crippen LogP contribution >= 0.6 is 0 Å². The fourth-order valence-electron chi connectivity index (χ4n) is 1.88. The molecule has 2 aromatic rings. The maximum atomic E-state index is 11.7. The molecule has 0 bridgehead atoms. The second-order valence-corrected chi connectivity index (χ2v) is 4.62. The lowest BCUT2D eigenvalue weighted by Gasteiger charge is -2.07. The number of hydrogen-bond donors (Lipinski definition) is 2. The molecule has 0 aliphatic heterocycles. The van der Waals surface area contributed by atoms with E-state index in [9.17, 15) is 4.79 Å². The van der Waals surface area contributed by atoms with Gasteiger partial charge in [-0.3, -0.25) is 0 Å². The van der Waals surface area contributed by atoms with E-state index in [0.717, 1.165) is 11.1 Å². The van der Waals surface area contributed by atoms with Gasteiger partial charge < -0.3 is 16.3 Å². The maximum Gasteiger partial charge on any atom is 0.339 e. The van der Waals surface area contributed by atoms with Crippen LogP contribution in [0.5, 0.6) is 0 Å². The van der Waals surface area contributed by atoms with Gasteiger partial charge >= 0.3 is 5.97 Å². The summed E-state index contributed by atoms with van der Waals surface area (Å²) in [6.45, 7) is 1.83.